The minimum Gasteiger partial charge on any atom is -0.383 e. The van der Waals surface area contributed by atoms with Crippen molar-refractivity contribution in [3.8, 4) is 0 Å². The molecule has 2 aromatic rings. The van der Waals surface area contributed by atoms with E-state index in [1.807, 2.05) is 24.4 Å². The Morgan fingerprint density at radius 1 is 1.31 bits per heavy atom. The highest BCUT2D eigenvalue weighted by Gasteiger charge is 1.95. The van der Waals surface area contributed by atoms with Gasteiger partial charge in [0.15, 0.2) is 5.96 Å². The number of aromatic nitrogens is 1. The Labute approximate surface area is 93.5 Å². The summed E-state index contributed by atoms with van der Waals surface area (Å²) >= 11 is 0. The number of hydrogen-bond donors (Lipinski definition) is 4. The SMILES string of the molecule is NC(N)=NCCNc1ccc2[nH]ccc2c1. The van der Waals surface area contributed by atoms with Crippen molar-refractivity contribution in [1.82, 2.24) is 4.98 Å². The summed E-state index contributed by atoms with van der Waals surface area (Å²) in [5.74, 6) is 0.128. The second-order valence-electron chi connectivity index (χ2n) is 3.51. The van der Waals surface area contributed by atoms with Gasteiger partial charge in [-0.15, -0.1) is 0 Å². The van der Waals surface area contributed by atoms with Gasteiger partial charge < -0.3 is 21.8 Å². The molecular weight excluding hydrogens is 202 g/mol. The van der Waals surface area contributed by atoms with Gasteiger partial charge in [0.2, 0.25) is 0 Å². The zero-order chi connectivity index (χ0) is 11.4. The van der Waals surface area contributed by atoms with E-state index >= 15 is 0 Å². The monoisotopic (exact) mass is 217 g/mol. The van der Waals surface area contributed by atoms with Gasteiger partial charge in [0, 0.05) is 29.3 Å². The van der Waals surface area contributed by atoms with Gasteiger partial charge in [0.25, 0.3) is 0 Å². The number of guanidine groups is 1. The number of fused-ring (bicyclic) bond motifs is 1. The number of benzene rings is 1. The van der Waals surface area contributed by atoms with Crippen molar-refractivity contribution in [1.29, 1.82) is 0 Å². The fourth-order valence-electron chi connectivity index (χ4n) is 1.55. The first-order valence-electron chi connectivity index (χ1n) is 5.12. The number of aliphatic imine (C=N–C) groups is 1. The number of H-pyrrole nitrogens is 1. The largest absolute Gasteiger partial charge is 0.383 e. The molecule has 5 heteroatoms. The van der Waals surface area contributed by atoms with Crippen LogP contribution in [0.5, 0.6) is 0 Å². The Morgan fingerprint density at radius 3 is 3.00 bits per heavy atom. The second-order valence-corrected chi connectivity index (χ2v) is 3.51. The zero-order valence-electron chi connectivity index (χ0n) is 8.90. The highest BCUT2D eigenvalue weighted by molar-refractivity contribution is 5.82. The van der Waals surface area contributed by atoms with E-state index in [1.54, 1.807) is 0 Å². The van der Waals surface area contributed by atoms with Crippen molar-refractivity contribution < 1.29 is 0 Å². The molecule has 0 saturated heterocycles. The van der Waals surface area contributed by atoms with Crippen LogP contribution in [0.4, 0.5) is 5.69 Å². The fraction of sp³-hybridized carbons (Fsp3) is 0.182. The van der Waals surface area contributed by atoms with Crippen LogP contribution in [0.2, 0.25) is 0 Å². The van der Waals surface area contributed by atoms with Crippen molar-refractivity contribution in [2.24, 2.45) is 16.5 Å². The number of rotatable bonds is 4. The van der Waals surface area contributed by atoms with Gasteiger partial charge in [-0.25, -0.2) is 0 Å². The molecule has 0 spiro atoms. The van der Waals surface area contributed by atoms with Crippen LogP contribution in [0.25, 0.3) is 10.9 Å². The highest BCUT2D eigenvalue weighted by Crippen LogP contribution is 2.17. The number of hydrogen-bond acceptors (Lipinski definition) is 2. The van der Waals surface area contributed by atoms with E-state index in [0.717, 1.165) is 11.2 Å². The summed E-state index contributed by atoms with van der Waals surface area (Å²) in [6.45, 7) is 1.29. The third kappa shape index (κ3) is 2.44. The van der Waals surface area contributed by atoms with Crippen LogP contribution in [-0.4, -0.2) is 24.0 Å². The molecule has 0 saturated carbocycles. The summed E-state index contributed by atoms with van der Waals surface area (Å²) in [7, 11) is 0. The molecule has 0 aliphatic rings. The molecule has 5 nitrogen and oxygen atoms in total. The van der Waals surface area contributed by atoms with Gasteiger partial charge in [-0.2, -0.15) is 0 Å². The number of nitrogens with one attached hydrogen (secondary N) is 2. The first-order valence-corrected chi connectivity index (χ1v) is 5.12. The van der Waals surface area contributed by atoms with Crippen LogP contribution in [0.15, 0.2) is 35.5 Å². The Hall–Kier alpha value is -2.17. The van der Waals surface area contributed by atoms with Gasteiger partial charge in [-0.3, -0.25) is 4.99 Å². The van der Waals surface area contributed by atoms with E-state index in [-0.39, 0.29) is 5.96 Å². The lowest BCUT2D eigenvalue weighted by atomic mass is 10.2. The van der Waals surface area contributed by atoms with E-state index in [0.29, 0.717) is 13.1 Å². The van der Waals surface area contributed by atoms with Crippen LogP contribution >= 0.6 is 0 Å². The molecule has 0 fully saturated rings. The Kier molecular flexibility index (Phi) is 2.95. The van der Waals surface area contributed by atoms with Gasteiger partial charge >= 0.3 is 0 Å². The predicted octanol–water partition coefficient (Wildman–Crippen LogP) is 0.853. The topological polar surface area (TPSA) is 92.2 Å². The maximum absolute atomic E-state index is 5.23. The van der Waals surface area contributed by atoms with Crippen molar-refractivity contribution >= 4 is 22.5 Å². The molecule has 84 valence electrons. The smallest absolute Gasteiger partial charge is 0.185 e. The van der Waals surface area contributed by atoms with Crippen molar-refractivity contribution in [3.05, 3.63) is 30.5 Å². The third-order valence-corrected chi connectivity index (χ3v) is 2.29. The molecule has 0 radical (unpaired) electrons. The average Bonchev–Trinajstić information content (AvgIpc) is 2.71. The molecule has 1 aromatic carbocycles. The predicted molar refractivity (Wildman–Crippen MR) is 67.5 cm³/mol. The van der Waals surface area contributed by atoms with E-state index < -0.39 is 0 Å². The number of anilines is 1. The summed E-state index contributed by atoms with van der Waals surface area (Å²) < 4.78 is 0. The minimum atomic E-state index is 0.128. The Balaban J connectivity index is 1.96. The number of nitrogens with two attached hydrogens (primary N) is 2. The summed E-state index contributed by atoms with van der Waals surface area (Å²) in [5, 5.41) is 4.44. The van der Waals surface area contributed by atoms with Crippen molar-refractivity contribution in [3.63, 3.8) is 0 Å². The summed E-state index contributed by atoms with van der Waals surface area (Å²) in [5.41, 5.74) is 12.7. The molecular formula is C11H15N5. The molecule has 0 unspecified atom stereocenters. The molecule has 1 heterocycles. The minimum absolute atomic E-state index is 0.128. The molecule has 2 rings (SSSR count). The fourth-order valence-corrected chi connectivity index (χ4v) is 1.55. The summed E-state index contributed by atoms with van der Waals surface area (Å²) in [6.07, 6.45) is 1.92. The van der Waals surface area contributed by atoms with Crippen molar-refractivity contribution in [2.45, 2.75) is 0 Å². The Morgan fingerprint density at radius 2 is 2.19 bits per heavy atom. The lowest BCUT2D eigenvalue weighted by Gasteiger charge is -2.04. The standard InChI is InChI=1S/C11H15N5/c12-11(13)16-6-5-14-9-1-2-10-8(7-9)3-4-15-10/h1-4,7,14-15H,5-6H2,(H4,12,13,16). The Bertz CT molecular complexity index is 496. The molecule has 0 bridgehead atoms. The van der Waals surface area contributed by atoms with Gasteiger partial charge in [0.05, 0.1) is 6.54 Å². The summed E-state index contributed by atoms with van der Waals surface area (Å²) in [4.78, 5) is 7.04. The van der Waals surface area contributed by atoms with Crippen molar-refractivity contribution in [2.75, 3.05) is 18.4 Å². The van der Waals surface area contributed by atoms with Crippen LogP contribution in [0, 0.1) is 0 Å². The first-order chi connectivity index (χ1) is 7.75. The number of nitrogens with zero attached hydrogens (tertiary/aromatic N) is 1. The van der Waals surface area contributed by atoms with E-state index in [4.69, 9.17) is 11.5 Å². The quantitative estimate of drug-likeness (QED) is 0.347. The van der Waals surface area contributed by atoms with E-state index in [2.05, 4.69) is 21.4 Å². The van der Waals surface area contributed by atoms with Crippen LogP contribution < -0.4 is 16.8 Å². The van der Waals surface area contributed by atoms with Gasteiger partial charge in [-0.05, 0) is 24.3 Å². The average molecular weight is 217 g/mol. The van der Waals surface area contributed by atoms with E-state index in [1.165, 1.54) is 5.39 Å². The molecule has 0 amide bonds. The lowest BCUT2D eigenvalue weighted by molar-refractivity contribution is 1.02. The maximum Gasteiger partial charge on any atom is 0.185 e. The van der Waals surface area contributed by atoms with Crippen LogP contribution in [-0.2, 0) is 0 Å². The third-order valence-electron chi connectivity index (χ3n) is 2.29. The molecule has 16 heavy (non-hydrogen) atoms. The zero-order valence-corrected chi connectivity index (χ0v) is 8.90. The second kappa shape index (κ2) is 4.57. The van der Waals surface area contributed by atoms with Gasteiger partial charge in [-0.1, -0.05) is 0 Å². The molecule has 0 aliphatic heterocycles. The highest BCUT2D eigenvalue weighted by atomic mass is 15.0. The molecule has 0 atom stereocenters. The van der Waals surface area contributed by atoms with Gasteiger partial charge in [0.1, 0.15) is 0 Å². The number of aromatic amines is 1. The summed E-state index contributed by atoms with van der Waals surface area (Å²) in [6, 6.07) is 8.18. The molecule has 6 N–H and O–H groups in total. The maximum atomic E-state index is 5.23. The van der Waals surface area contributed by atoms with E-state index in [9.17, 15) is 0 Å². The molecule has 1 aromatic heterocycles. The van der Waals surface area contributed by atoms with Crippen LogP contribution in [0.3, 0.4) is 0 Å². The van der Waals surface area contributed by atoms with Crippen LogP contribution in [0.1, 0.15) is 0 Å². The first kappa shape index (κ1) is 10.4. The lowest BCUT2D eigenvalue weighted by Crippen LogP contribution is -2.23. The normalized spacial score (nSPS) is 10.2. The molecule has 0 aliphatic carbocycles.